The molecule has 0 aromatic heterocycles. The predicted octanol–water partition coefficient (Wildman–Crippen LogP) is 2.68. The molecule has 1 aromatic rings. The van der Waals surface area contributed by atoms with E-state index in [2.05, 4.69) is 0 Å². The first kappa shape index (κ1) is 14.8. The molecule has 0 aliphatic rings. The molecule has 0 aliphatic heterocycles. The molecule has 102 valence electrons. The van der Waals surface area contributed by atoms with Crippen LogP contribution in [-0.2, 0) is 12.4 Å². The Morgan fingerprint density at radius 2 is 1.56 bits per heavy atom. The van der Waals surface area contributed by atoms with Gasteiger partial charge in [0.2, 0.25) is 0 Å². The zero-order valence-electron chi connectivity index (χ0n) is 8.94. The fourth-order valence-corrected chi connectivity index (χ4v) is 1.43. The van der Waals surface area contributed by atoms with Crippen molar-refractivity contribution in [2.45, 2.75) is 18.4 Å². The second-order valence-electron chi connectivity index (χ2n) is 3.64. The van der Waals surface area contributed by atoms with E-state index >= 15 is 0 Å². The molecule has 1 aromatic carbocycles. The van der Waals surface area contributed by atoms with E-state index in [0.717, 1.165) is 0 Å². The van der Waals surface area contributed by atoms with Crippen molar-refractivity contribution in [3.63, 3.8) is 0 Å². The summed E-state index contributed by atoms with van der Waals surface area (Å²) in [6, 6.07) is 0.151. The number of alkyl halides is 6. The molecule has 18 heavy (non-hydrogen) atoms. The lowest BCUT2D eigenvalue weighted by Crippen LogP contribution is -2.25. The van der Waals surface area contributed by atoms with E-state index in [1.807, 2.05) is 0 Å². The number of hydrogen-bond acceptors (Lipinski definition) is 2. The first-order chi connectivity index (χ1) is 8.07. The fraction of sp³-hybridized carbons (Fsp3) is 0.400. The zero-order valence-corrected chi connectivity index (χ0v) is 8.94. The highest BCUT2D eigenvalue weighted by atomic mass is 19.4. The van der Waals surface area contributed by atoms with Gasteiger partial charge >= 0.3 is 12.4 Å². The van der Waals surface area contributed by atoms with Crippen molar-refractivity contribution in [2.24, 2.45) is 11.5 Å². The Labute approximate surface area is 98.6 Å². The maximum Gasteiger partial charge on any atom is 0.416 e. The van der Waals surface area contributed by atoms with E-state index in [4.69, 9.17) is 11.5 Å². The van der Waals surface area contributed by atoms with Crippen LogP contribution >= 0.6 is 0 Å². The maximum absolute atomic E-state index is 12.6. The summed E-state index contributed by atoms with van der Waals surface area (Å²) in [7, 11) is 0. The molecule has 0 saturated carbocycles. The summed E-state index contributed by atoms with van der Waals surface area (Å²) in [4.78, 5) is 0. The smallest absolute Gasteiger partial charge is 0.329 e. The normalized spacial score (nSPS) is 14.7. The van der Waals surface area contributed by atoms with E-state index in [-0.39, 0.29) is 12.6 Å². The van der Waals surface area contributed by atoms with Crippen molar-refractivity contribution >= 4 is 0 Å². The van der Waals surface area contributed by atoms with E-state index in [9.17, 15) is 26.3 Å². The van der Waals surface area contributed by atoms with Crippen molar-refractivity contribution in [3.8, 4) is 0 Å². The maximum atomic E-state index is 12.6. The summed E-state index contributed by atoms with van der Waals surface area (Å²) < 4.78 is 75.0. The Morgan fingerprint density at radius 1 is 1.00 bits per heavy atom. The van der Waals surface area contributed by atoms with Gasteiger partial charge in [-0.1, -0.05) is 6.07 Å². The topological polar surface area (TPSA) is 52.0 Å². The van der Waals surface area contributed by atoms with Gasteiger partial charge in [-0.2, -0.15) is 26.3 Å². The largest absolute Gasteiger partial charge is 0.416 e. The lowest BCUT2D eigenvalue weighted by atomic mass is 9.97. The molecule has 2 nitrogen and oxygen atoms in total. The molecule has 0 fully saturated rings. The van der Waals surface area contributed by atoms with Crippen LogP contribution in [0.4, 0.5) is 26.3 Å². The molecule has 0 aliphatic carbocycles. The molecule has 1 rings (SSSR count). The van der Waals surface area contributed by atoms with Crippen LogP contribution in [0.1, 0.15) is 22.7 Å². The molecule has 0 heterocycles. The van der Waals surface area contributed by atoms with Gasteiger partial charge in [0.25, 0.3) is 0 Å². The number of halogens is 6. The molecule has 0 amide bonds. The van der Waals surface area contributed by atoms with Gasteiger partial charge in [0.05, 0.1) is 11.1 Å². The summed E-state index contributed by atoms with van der Waals surface area (Å²) in [5.41, 5.74) is 7.24. The van der Waals surface area contributed by atoms with Gasteiger partial charge in [0.15, 0.2) is 0 Å². The van der Waals surface area contributed by atoms with Crippen LogP contribution in [0.5, 0.6) is 0 Å². The monoisotopic (exact) mass is 272 g/mol. The number of rotatable bonds is 2. The van der Waals surface area contributed by atoms with Crippen LogP contribution in [0, 0.1) is 0 Å². The average Bonchev–Trinajstić information content (AvgIpc) is 2.24. The standard InChI is InChI=1S/C10H10F6N2/c11-9(12,13)5-1-2-6(8(18)4-17)7(3-5)10(14,15)16/h1-3,8H,4,17-18H2/t8-/m1/s1. The van der Waals surface area contributed by atoms with Crippen molar-refractivity contribution in [1.82, 2.24) is 0 Å². The molecule has 0 spiro atoms. The van der Waals surface area contributed by atoms with Crippen molar-refractivity contribution < 1.29 is 26.3 Å². The summed E-state index contributed by atoms with van der Waals surface area (Å²) >= 11 is 0. The minimum Gasteiger partial charge on any atom is -0.329 e. The Balaban J connectivity index is 3.40. The summed E-state index contributed by atoms with van der Waals surface area (Å²) in [6.07, 6.45) is -9.76. The van der Waals surface area contributed by atoms with Gasteiger partial charge in [0.1, 0.15) is 0 Å². The first-order valence-electron chi connectivity index (χ1n) is 4.81. The van der Waals surface area contributed by atoms with Gasteiger partial charge < -0.3 is 11.5 Å². The van der Waals surface area contributed by atoms with Crippen LogP contribution in [0.2, 0.25) is 0 Å². The van der Waals surface area contributed by atoms with Gasteiger partial charge in [0, 0.05) is 12.6 Å². The highest BCUT2D eigenvalue weighted by Crippen LogP contribution is 2.38. The van der Waals surface area contributed by atoms with Crippen LogP contribution in [-0.4, -0.2) is 6.54 Å². The first-order valence-corrected chi connectivity index (χ1v) is 4.81. The highest BCUT2D eigenvalue weighted by molar-refractivity contribution is 5.37. The molecular weight excluding hydrogens is 262 g/mol. The van der Waals surface area contributed by atoms with Crippen LogP contribution in [0.15, 0.2) is 18.2 Å². The van der Waals surface area contributed by atoms with Crippen molar-refractivity contribution in [1.29, 1.82) is 0 Å². The van der Waals surface area contributed by atoms with Crippen molar-refractivity contribution in [2.75, 3.05) is 6.54 Å². The summed E-state index contributed by atoms with van der Waals surface area (Å²) in [5.74, 6) is 0. The van der Waals surface area contributed by atoms with E-state index in [1.54, 1.807) is 0 Å². The summed E-state index contributed by atoms with van der Waals surface area (Å²) in [5, 5.41) is 0. The number of nitrogens with two attached hydrogens (primary N) is 2. The average molecular weight is 272 g/mol. The molecule has 4 N–H and O–H groups in total. The van der Waals surface area contributed by atoms with E-state index < -0.39 is 35.1 Å². The Bertz CT molecular complexity index is 423. The third-order valence-corrected chi connectivity index (χ3v) is 2.34. The molecule has 0 radical (unpaired) electrons. The van der Waals surface area contributed by atoms with Crippen LogP contribution in [0.25, 0.3) is 0 Å². The molecule has 1 atom stereocenters. The lowest BCUT2D eigenvalue weighted by Gasteiger charge is -2.19. The van der Waals surface area contributed by atoms with Gasteiger partial charge in [-0.25, -0.2) is 0 Å². The van der Waals surface area contributed by atoms with Crippen LogP contribution < -0.4 is 11.5 Å². The van der Waals surface area contributed by atoms with Crippen LogP contribution in [0.3, 0.4) is 0 Å². The second kappa shape index (κ2) is 4.77. The number of hydrogen-bond donors (Lipinski definition) is 2. The minimum atomic E-state index is -4.91. The third kappa shape index (κ3) is 3.14. The van der Waals surface area contributed by atoms with Gasteiger partial charge in [-0.3, -0.25) is 0 Å². The highest BCUT2D eigenvalue weighted by Gasteiger charge is 2.38. The molecule has 0 saturated heterocycles. The third-order valence-electron chi connectivity index (χ3n) is 2.34. The number of benzene rings is 1. The zero-order chi connectivity index (χ0) is 14.1. The van der Waals surface area contributed by atoms with E-state index in [1.165, 1.54) is 0 Å². The van der Waals surface area contributed by atoms with Gasteiger partial charge in [-0.15, -0.1) is 0 Å². The SMILES string of the molecule is NC[C@@H](N)c1ccc(C(F)(F)F)cc1C(F)(F)F. The molecule has 8 heteroatoms. The Kier molecular flexibility index (Phi) is 3.92. The second-order valence-corrected chi connectivity index (χ2v) is 3.64. The van der Waals surface area contributed by atoms with Gasteiger partial charge in [-0.05, 0) is 17.7 Å². The van der Waals surface area contributed by atoms with Crippen molar-refractivity contribution in [3.05, 3.63) is 34.9 Å². The quantitative estimate of drug-likeness (QED) is 0.813. The minimum absolute atomic E-state index is 0.0465. The summed E-state index contributed by atoms with van der Waals surface area (Å²) in [6.45, 7) is -0.297. The Hall–Kier alpha value is -1.28. The Morgan fingerprint density at radius 3 is 1.94 bits per heavy atom. The molecule has 0 unspecified atom stereocenters. The molecular formula is C10H10F6N2. The molecule has 0 bridgehead atoms. The van der Waals surface area contributed by atoms with E-state index in [0.29, 0.717) is 12.1 Å². The fourth-order valence-electron chi connectivity index (χ4n) is 1.43. The predicted molar refractivity (Wildman–Crippen MR) is 52.4 cm³/mol. The lowest BCUT2D eigenvalue weighted by molar-refractivity contribution is -0.143.